The minimum Gasteiger partial charge on any atom is -0.520 e. The van der Waals surface area contributed by atoms with Crippen LogP contribution in [0.2, 0.25) is 0 Å². The average molecular weight is 591 g/mol. The summed E-state index contributed by atoms with van der Waals surface area (Å²) in [5.41, 5.74) is -0.117. The molecule has 0 aliphatic rings. The van der Waals surface area contributed by atoms with E-state index in [1.165, 1.54) is 24.9 Å². The number of rotatable bonds is 8. The summed E-state index contributed by atoms with van der Waals surface area (Å²) in [5, 5.41) is 2.25. The maximum absolute atomic E-state index is 11.8. The van der Waals surface area contributed by atoms with E-state index in [-0.39, 0.29) is 18.9 Å². The molecule has 0 bridgehead atoms. The minimum absolute atomic E-state index is 0. The zero-order chi connectivity index (χ0) is 18.2. The Morgan fingerprint density at radius 3 is 2.44 bits per heavy atom. The van der Waals surface area contributed by atoms with Crippen LogP contribution in [-0.4, -0.2) is 46.6 Å². The van der Waals surface area contributed by atoms with Crippen molar-refractivity contribution < 1.29 is 23.9 Å². The molecule has 142 valence electrons. The summed E-state index contributed by atoms with van der Waals surface area (Å²) in [5.74, 6) is -1.36. The van der Waals surface area contributed by atoms with E-state index >= 15 is 0 Å². The Bertz CT molecular complexity index is 599. The van der Waals surface area contributed by atoms with Crippen molar-refractivity contribution >= 4 is 18.3 Å². The van der Waals surface area contributed by atoms with Crippen LogP contribution < -0.4 is 5.32 Å². The molecule has 1 N–H and O–H groups in total. The second kappa shape index (κ2) is 9.39. The first-order valence-corrected chi connectivity index (χ1v) is 7.21. The van der Waals surface area contributed by atoms with Gasteiger partial charge in [0.15, 0.2) is 0 Å². The number of nitrogens with zero attached hydrogens (tertiary/aromatic N) is 2. The molecular formula is C16H20FmN3O5-. The maximum Gasteiger partial charge on any atom is 0.376 e. The topological polar surface area (TPSA) is 107 Å². The van der Waals surface area contributed by atoms with E-state index < -0.39 is 23.6 Å². The van der Waals surface area contributed by atoms with Gasteiger partial charge >= 0.3 is 11.9 Å². The van der Waals surface area contributed by atoms with E-state index in [2.05, 4.69) is 21.9 Å². The normalized spacial score (nSPS) is 11.5. The molecule has 0 unspecified atom stereocenters. The van der Waals surface area contributed by atoms with Crippen molar-refractivity contribution in [2.24, 2.45) is 0 Å². The van der Waals surface area contributed by atoms with Crippen molar-refractivity contribution in [3.63, 3.8) is 0 Å². The van der Waals surface area contributed by atoms with E-state index in [1.807, 2.05) is 0 Å². The van der Waals surface area contributed by atoms with Crippen molar-refractivity contribution in [2.45, 2.75) is 38.8 Å². The standard InChI is InChI=1S/C16H20N3O5.Fm/c1-5-6-23-14(21)12(19-10-20)7-11-8-17-13(18-9-11)15(22)24-16(2,3)4;/h5,8-9,12H,1,6-7H2,2-4H3,(H,19,20);/q-1;/t12-;/m0./s1. The van der Waals surface area contributed by atoms with Crippen molar-refractivity contribution in [1.29, 1.82) is 0 Å². The van der Waals surface area contributed by atoms with E-state index in [0.717, 1.165) is 0 Å². The molecule has 1 amide bonds. The molecule has 0 aliphatic carbocycles. The smallest absolute Gasteiger partial charge is 0.376 e. The molecule has 0 saturated heterocycles. The van der Waals surface area contributed by atoms with Crippen LogP contribution in [0, 0.1) is 0 Å². The number of amides is 1. The Balaban J connectivity index is 0.00000576. The first-order chi connectivity index (χ1) is 11.3. The van der Waals surface area contributed by atoms with Gasteiger partial charge < -0.3 is 19.6 Å². The van der Waals surface area contributed by atoms with Gasteiger partial charge in [-0.05, 0) is 26.3 Å². The molecule has 0 aromatic carbocycles. The average Bonchev–Trinajstić information content (AvgIpc) is 2.51. The van der Waals surface area contributed by atoms with E-state index in [0.29, 0.717) is 5.56 Å². The van der Waals surface area contributed by atoms with E-state index in [9.17, 15) is 14.4 Å². The zero-order valence-electron chi connectivity index (χ0n) is 14.2. The monoisotopic (exact) mass is 591 g/mol. The summed E-state index contributed by atoms with van der Waals surface area (Å²) in [4.78, 5) is 42.0. The summed E-state index contributed by atoms with van der Waals surface area (Å²) in [6, 6.07) is -0.932. The van der Waals surface area contributed by atoms with Gasteiger partial charge in [0.25, 0.3) is 0 Å². The Hall–Kier alpha value is -3.77. The molecule has 0 saturated carbocycles. The number of hydrogen-bond acceptors (Lipinski definition) is 7. The Kier molecular flexibility index (Phi) is 7.97. The fourth-order valence-electron chi connectivity index (χ4n) is 1.63. The molecule has 0 radical (unpaired) electrons. The minimum atomic E-state index is -0.932. The Labute approximate surface area is 140 Å². The fraction of sp³-hybridized carbons (Fsp3) is 0.438. The molecule has 25 heavy (non-hydrogen) atoms. The number of esters is 2. The van der Waals surface area contributed by atoms with Crippen LogP contribution >= 0.6 is 0 Å². The van der Waals surface area contributed by atoms with Crippen LogP contribution in [-0.2, 0) is 25.5 Å². The van der Waals surface area contributed by atoms with Gasteiger partial charge in [0.1, 0.15) is 18.2 Å². The predicted octanol–water partition coefficient (Wildman–Crippen LogP) is 0.729. The third-order valence-corrected chi connectivity index (χ3v) is 2.59. The quantitative estimate of drug-likeness (QED) is 0.206. The van der Waals surface area contributed by atoms with Crippen LogP contribution in [0.4, 0.5) is 0 Å². The third-order valence-electron chi connectivity index (χ3n) is 2.59. The second-order valence-corrected chi connectivity index (χ2v) is 5.84. The summed E-state index contributed by atoms with van der Waals surface area (Å²) in [7, 11) is 0. The third kappa shape index (κ3) is 7.36. The molecule has 1 atom stereocenters. The van der Waals surface area contributed by atoms with Crippen LogP contribution in [0.5, 0.6) is 0 Å². The van der Waals surface area contributed by atoms with Gasteiger partial charge in [0, 0.05) is 18.8 Å². The van der Waals surface area contributed by atoms with Gasteiger partial charge in [-0.2, -0.15) is 6.41 Å². The molecule has 8 nitrogen and oxygen atoms in total. The Morgan fingerprint density at radius 1 is 1.36 bits per heavy atom. The van der Waals surface area contributed by atoms with Gasteiger partial charge in [0.05, 0.1) is 0 Å². The number of carbonyl (C=O) groups is 2. The van der Waals surface area contributed by atoms with Crippen molar-refractivity contribution in [1.82, 2.24) is 15.3 Å². The summed E-state index contributed by atoms with van der Waals surface area (Å²) < 4.78 is 10.0. The molecule has 1 aromatic heterocycles. The Morgan fingerprint density at radius 2 is 1.96 bits per heavy atom. The molecule has 1 aromatic rings. The maximum atomic E-state index is 11.8. The molecule has 0 fully saturated rings. The summed E-state index contributed by atoms with van der Waals surface area (Å²) in [6.45, 7) is 8.68. The number of carbonyl (C=O) groups excluding carboxylic acids is 3. The van der Waals surface area contributed by atoms with Gasteiger partial charge in [-0.25, -0.2) is 19.6 Å². The van der Waals surface area contributed by atoms with Gasteiger partial charge in [-0.3, -0.25) is 0 Å². The molecular weight excluding hydrogens is 571 g/mol. The molecule has 0 spiro atoms. The van der Waals surface area contributed by atoms with Crippen molar-refractivity contribution in [3.05, 3.63) is 36.4 Å². The number of hydrogen-bond donors (Lipinski definition) is 1. The molecule has 1 rings (SSSR count). The molecule has 0 aliphatic heterocycles. The van der Waals surface area contributed by atoms with Crippen molar-refractivity contribution in [3.8, 4) is 0 Å². The van der Waals surface area contributed by atoms with Crippen LogP contribution in [0.3, 0.4) is 0 Å². The zero-order valence-corrected chi connectivity index (χ0v) is 16.6. The number of aromatic nitrogens is 2. The summed E-state index contributed by atoms with van der Waals surface area (Å²) in [6.07, 6.45) is 5.73. The molecule has 9 heteroatoms. The van der Waals surface area contributed by atoms with Crippen LogP contribution in [0.15, 0.2) is 25.0 Å². The second-order valence-electron chi connectivity index (χ2n) is 5.84. The van der Waals surface area contributed by atoms with Crippen molar-refractivity contribution in [2.75, 3.05) is 6.61 Å². The molecule has 1 heterocycles. The van der Waals surface area contributed by atoms with Gasteiger partial charge in [-0.1, -0.05) is 12.7 Å². The SMILES string of the molecule is C=CCOC(=O)[C@H](Cc1cnc(C(=O)OC(C)(C)C)nc1)N[C-]=O.[Fm]. The van der Waals surface area contributed by atoms with Gasteiger partial charge in [0.2, 0.25) is 5.82 Å². The summed E-state index contributed by atoms with van der Waals surface area (Å²) >= 11 is 0. The first-order valence-electron chi connectivity index (χ1n) is 7.21. The fourth-order valence-corrected chi connectivity index (χ4v) is 1.63. The predicted molar refractivity (Wildman–Crippen MR) is 84.7 cm³/mol. The number of nitrogens with one attached hydrogen (secondary N) is 1. The van der Waals surface area contributed by atoms with Crippen LogP contribution in [0.1, 0.15) is 37.0 Å². The first kappa shape index (κ1) is 21.2. The van der Waals surface area contributed by atoms with E-state index in [4.69, 9.17) is 9.47 Å². The number of ether oxygens (including phenoxy) is 2. The van der Waals surface area contributed by atoms with Crippen LogP contribution in [0.25, 0.3) is 0 Å². The van der Waals surface area contributed by atoms with Gasteiger partial charge in [-0.15, -0.1) is 0 Å². The van der Waals surface area contributed by atoms with E-state index in [1.54, 1.807) is 20.8 Å². The largest absolute Gasteiger partial charge is 0.520 e.